The number of sulfonamides is 1. The van der Waals surface area contributed by atoms with Gasteiger partial charge in [-0.05, 0) is 48.9 Å². The summed E-state index contributed by atoms with van der Waals surface area (Å²) in [5, 5.41) is 3.42. The van der Waals surface area contributed by atoms with Gasteiger partial charge in [0.2, 0.25) is 15.9 Å². The van der Waals surface area contributed by atoms with E-state index in [1.807, 2.05) is 6.07 Å². The molecule has 2 N–H and O–H groups in total. The largest absolute Gasteiger partial charge is 0.312 e. The monoisotopic (exact) mass is 365 g/mol. The van der Waals surface area contributed by atoms with Crippen LogP contribution in [0.2, 0.25) is 0 Å². The van der Waals surface area contributed by atoms with Crippen LogP contribution in [0.25, 0.3) is 0 Å². The Hall–Kier alpha value is -1.44. The number of carbonyl (C=O) groups excluding carboxylic acids is 1. The summed E-state index contributed by atoms with van der Waals surface area (Å²) in [5.74, 6) is -0.0607. The van der Waals surface area contributed by atoms with E-state index in [0.29, 0.717) is 18.8 Å². The average Bonchev–Trinajstić information content (AvgIpc) is 2.96. The molecule has 1 fully saturated rings. The van der Waals surface area contributed by atoms with Crippen LogP contribution in [0.3, 0.4) is 0 Å². The lowest BCUT2D eigenvalue weighted by Gasteiger charge is -2.39. The molecule has 7 heteroatoms. The van der Waals surface area contributed by atoms with Gasteiger partial charge in [0.25, 0.3) is 0 Å². The number of fused-ring (bicyclic) bond motifs is 1. The Bertz CT molecular complexity index is 774. The third-order valence-corrected chi connectivity index (χ3v) is 6.87. The second-order valence-corrected chi connectivity index (χ2v) is 9.43. The predicted octanol–water partition coefficient (Wildman–Crippen LogP) is 1.65. The van der Waals surface area contributed by atoms with Gasteiger partial charge >= 0.3 is 0 Å². The molecular formula is C18H27N3O3S. The fourth-order valence-corrected chi connectivity index (χ4v) is 4.82. The number of nitrogens with zero attached hydrogens (tertiary/aromatic N) is 1. The Morgan fingerprint density at radius 3 is 2.84 bits per heavy atom. The van der Waals surface area contributed by atoms with Gasteiger partial charge in [-0.15, -0.1) is 0 Å². The fraction of sp³-hybridized carbons (Fsp3) is 0.611. The highest BCUT2D eigenvalue weighted by Gasteiger charge is 2.33. The number of nitrogens with one attached hydrogen (secondary N) is 2. The highest BCUT2D eigenvalue weighted by Crippen LogP contribution is 2.32. The lowest BCUT2D eigenvalue weighted by Crippen LogP contribution is -2.52. The Morgan fingerprint density at radius 1 is 1.40 bits per heavy atom. The predicted molar refractivity (Wildman–Crippen MR) is 98.2 cm³/mol. The molecule has 1 unspecified atom stereocenters. The quantitative estimate of drug-likeness (QED) is 0.850. The molecule has 3 rings (SSSR count). The van der Waals surface area contributed by atoms with Crippen molar-refractivity contribution in [3.05, 3.63) is 23.8 Å². The first-order chi connectivity index (χ1) is 11.7. The van der Waals surface area contributed by atoms with Crippen LogP contribution in [0.1, 0.15) is 39.2 Å². The summed E-state index contributed by atoms with van der Waals surface area (Å²) in [4.78, 5) is 13.6. The van der Waals surface area contributed by atoms with E-state index >= 15 is 0 Å². The van der Waals surface area contributed by atoms with Gasteiger partial charge in [-0.3, -0.25) is 4.79 Å². The van der Waals surface area contributed by atoms with Crippen LogP contribution < -0.4 is 14.9 Å². The van der Waals surface area contributed by atoms with Gasteiger partial charge in [0.15, 0.2) is 0 Å². The molecule has 2 aliphatic heterocycles. The van der Waals surface area contributed by atoms with E-state index in [1.165, 1.54) is 6.92 Å². The molecule has 2 aliphatic rings. The average molecular weight is 365 g/mol. The Morgan fingerprint density at radius 2 is 2.16 bits per heavy atom. The zero-order chi connectivity index (χ0) is 18.2. The van der Waals surface area contributed by atoms with E-state index in [4.69, 9.17) is 0 Å². The van der Waals surface area contributed by atoms with Crippen molar-refractivity contribution in [2.45, 2.75) is 51.0 Å². The van der Waals surface area contributed by atoms with E-state index in [9.17, 15) is 13.2 Å². The lowest BCUT2D eigenvalue weighted by molar-refractivity contribution is -0.116. The van der Waals surface area contributed by atoms with Crippen LogP contribution in [0.15, 0.2) is 23.1 Å². The van der Waals surface area contributed by atoms with Crippen molar-refractivity contribution >= 4 is 21.6 Å². The third-order valence-electron chi connectivity index (χ3n) is 5.45. The van der Waals surface area contributed by atoms with Gasteiger partial charge in [0, 0.05) is 31.7 Å². The topological polar surface area (TPSA) is 78.5 Å². The maximum Gasteiger partial charge on any atom is 0.240 e. The minimum absolute atomic E-state index is 0.0597. The van der Waals surface area contributed by atoms with Gasteiger partial charge in [-0.1, -0.05) is 19.9 Å². The molecule has 0 radical (unpaired) electrons. The van der Waals surface area contributed by atoms with Crippen molar-refractivity contribution in [3.8, 4) is 0 Å². The molecule has 0 bridgehead atoms. The highest BCUT2D eigenvalue weighted by molar-refractivity contribution is 7.89. The normalized spacial score (nSPS) is 22.7. The second kappa shape index (κ2) is 6.70. The number of carbonyl (C=O) groups is 1. The maximum absolute atomic E-state index is 12.7. The third kappa shape index (κ3) is 3.73. The molecule has 1 aromatic carbocycles. The molecule has 1 amide bonds. The van der Waals surface area contributed by atoms with Crippen LogP contribution in [0.4, 0.5) is 5.69 Å². The summed E-state index contributed by atoms with van der Waals surface area (Å²) in [7, 11) is -3.61. The van der Waals surface area contributed by atoms with Crippen molar-refractivity contribution < 1.29 is 13.2 Å². The molecule has 1 atom stereocenters. The van der Waals surface area contributed by atoms with Crippen LogP contribution >= 0.6 is 0 Å². The highest BCUT2D eigenvalue weighted by atomic mass is 32.2. The SMILES string of the molecule is CC(=O)N1CCc2ccc(S(=O)(=O)NCC3NCCCC3(C)C)cc21. The number of rotatable bonds is 4. The smallest absolute Gasteiger partial charge is 0.240 e. The first-order valence-electron chi connectivity index (χ1n) is 8.85. The van der Waals surface area contributed by atoms with Crippen LogP contribution in [0.5, 0.6) is 0 Å². The van der Waals surface area contributed by atoms with Gasteiger partial charge < -0.3 is 10.2 Å². The van der Waals surface area contributed by atoms with Gasteiger partial charge in [0.05, 0.1) is 4.90 Å². The molecule has 1 saturated heterocycles. The standard InChI is InChI=1S/C18H27N3O3S/c1-13(22)21-10-7-14-5-6-15(11-16(14)21)25(23,24)20-12-17-18(2,3)8-4-9-19-17/h5-6,11,17,19-20H,4,7-10,12H2,1-3H3. The van der Waals surface area contributed by atoms with Gasteiger partial charge in [-0.25, -0.2) is 13.1 Å². The van der Waals surface area contributed by atoms with Crippen molar-refractivity contribution in [1.82, 2.24) is 10.0 Å². The number of hydrogen-bond donors (Lipinski definition) is 2. The van der Waals surface area contributed by atoms with Crippen molar-refractivity contribution in [1.29, 1.82) is 0 Å². The number of anilines is 1. The van der Waals surface area contributed by atoms with E-state index in [2.05, 4.69) is 23.9 Å². The van der Waals surface area contributed by atoms with Gasteiger partial charge in [0.1, 0.15) is 0 Å². The molecule has 6 nitrogen and oxygen atoms in total. The summed E-state index contributed by atoms with van der Waals surface area (Å²) in [6.07, 6.45) is 2.96. The molecule has 2 heterocycles. The first-order valence-corrected chi connectivity index (χ1v) is 10.3. The summed E-state index contributed by atoms with van der Waals surface area (Å²) in [6, 6.07) is 5.17. The Labute approximate surface area is 150 Å². The minimum Gasteiger partial charge on any atom is -0.312 e. The van der Waals surface area contributed by atoms with Crippen molar-refractivity contribution in [2.75, 3.05) is 24.5 Å². The number of hydrogen-bond acceptors (Lipinski definition) is 4. The first kappa shape index (κ1) is 18.4. The lowest BCUT2D eigenvalue weighted by atomic mass is 9.78. The molecule has 0 aromatic heterocycles. The van der Waals surface area contributed by atoms with E-state index < -0.39 is 10.0 Å². The van der Waals surface area contributed by atoms with Crippen LogP contribution in [0, 0.1) is 5.41 Å². The minimum atomic E-state index is -3.61. The van der Waals surface area contributed by atoms with Crippen LogP contribution in [-0.2, 0) is 21.2 Å². The molecule has 1 aromatic rings. The maximum atomic E-state index is 12.7. The van der Waals surface area contributed by atoms with E-state index in [-0.39, 0.29) is 22.3 Å². The Balaban J connectivity index is 1.77. The number of piperidine rings is 1. The van der Waals surface area contributed by atoms with E-state index in [0.717, 1.165) is 31.4 Å². The number of amides is 1. The zero-order valence-corrected chi connectivity index (χ0v) is 15.9. The van der Waals surface area contributed by atoms with Crippen molar-refractivity contribution in [2.24, 2.45) is 5.41 Å². The summed E-state index contributed by atoms with van der Waals surface area (Å²) >= 11 is 0. The molecule has 25 heavy (non-hydrogen) atoms. The molecular weight excluding hydrogens is 338 g/mol. The summed E-state index contributed by atoms with van der Waals surface area (Å²) in [6.45, 7) is 7.73. The molecule has 0 saturated carbocycles. The fourth-order valence-electron chi connectivity index (χ4n) is 3.75. The van der Waals surface area contributed by atoms with Gasteiger partial charge in [-0.2, -0.15) is 0 Å². The van der Waals surface area contributed by atoms with Crippen molar-refractivity contribution in [3.63, 3.8) is 0 Å². The summed E-state index contributed by atoms with van der Waals surface area (Å²) in [5.41, 5.74) is 1.79. The molecule has 0 aliphatic carbocycles. The second-order valence-electron chi connectivity index (χ2n) is 7.66. The Kier molecular flexibility index (Phi) is 4.92. The molecule has 138 valence electrons. The zero-order valence-electron chi connectivity index (χ0n) is 15.1. The molecule has 0 spiro atoms. The summed E-state index contributed by atoms with van der Waals surface area (Å²) < 4.78 is 28.2. The van der Waals surface area contributed by atoms with E-state index in [1.54, 1.807) is 17.0 Å². The van der Waals surface area contributed by atoms with Crippen LogP contribution in [-0.4, -0.2) is 40.0 Å². The number of benzene rings is 1.